The van der Waals surface area contributed by atoms with Crippen LogP contribution in [0.25, 0.3) is 5.70 Å². The van der Waals surface area contributed by atoms with E-state index >= 15 is 0 Å². The summed E-state index contributed by atoms with van der Waals surface area (Å²) < 4.78 is 11.0. The number of hydrogen-bond acceptors (Lipinski definition) is 7. The number of H-pyrrole nitrogens is 1. The zero-order valence-corrected chi connectivity index (χ0v) is 18.8. The molecule has 1 aliphatic rings. The summed E-state index contributed by atoms with van der Waals surface area (Å²) in [5.74, 6) is -0.272. The number of carbonyl (C=O) groups is 1. The molecule has 1 unspecified atom stereocenters. The van der Waals surface area contributed by atoms with Crippen molar-refractivity contribution >= 4 is 29.2 Å². The van der Waals surface area contributed by atoms with E-state index in [1.165, 1.54) is 11.8 Å². The van der Waals surface area contributed by atoms with E-state index in [4.69, 9.17) is 9.47 Å². The Labute approximate surface area is 189 Å². The number of ether oxygens (including phenoxy) is 2. The highest BCUT2D eigenvalue weighted by Gasteiger charge is 2.39. The number of thioether (sulfide) groups is 1. The average molecular weight is 450 g/mol. The number of methoxy groups -OCH3 is 1. The van der Waals surface area contributed by atoms with Crippen LogP contribution >= 0.6 is 11.8 Å². The molecule has 3 aromatic rings. The van der Waals surface area contributed by atoms with Crippen LogP contribution in [0.3, 0.4) is 0 Å². The number of carbonyl (C=O) groups excluding carboxylic acids is 1. The van der Waals surface area contributed by atoms with Gasteiger partial charge >= 0.3 is 5.97 Å². The molecule has 7 nitrogen and oxygen atoms in total. The van der Waals surface area contributed by atoms with Crippen LogP contribution in [0, 0.1) is 0 Å². The van der Waals surface area contributed by atoms with E-state index in [1.54, 1.807) is 20.1 Å². The molecule has 2 N–H and O–H groups in total. The Kier molecular flexibility index (Phi) is 6.32. The number of benzene rings is 2. The molecule has 0 spiro atoms. The molecular weight excluding hydrogens is 426 g/mol. The van der Waals surface area contributed by atoms with Gasteiger partial charge in [-0.15, -0.1) is 0 Å². The summed E-state index contributed by atoms with van der Waals surface area (Å²) in [6.07, 6.45) is 1.84. The van der Waals surface area contributed by atoms with Crippen LogP contribution in [-0.4, -0.2) is 35.9 Å². The summed E-state index contributed by atoms with van der Waals surface area (Å²) in [6.45, 7) is 1.96. The van der Waals surface area contributed by atoms with Crippen molar-refractivity contribution in [2.45, 2.75) is 18.0 Å². The first-order valence-corrected chi connectivity index (χ1v) is 11.4. The maximum Gasteiger partial charge on any atom is 0.337 e. The molecule has 0 amide bonds. The number of rotatable bonds is 6. The predicted octanol–water partition coefficient (Wildman–Crippen LogP) is 4.03. The maximum absolute atomic E-state index is 13.3. The topological polar surface area (TPSA) is 93.3 Å². The molecule has 2 heterocycles. The number of nitrogens with one attached hydrogen (secondary N) is 2. The van der Waals surface area contributed by atoms with Gasteiger partial charge in [0.2, 0.25) is 0 Å². The Morgan fingerprint density at radius 1 is 1.12 bits per heavy atom. The zero-order chi connectivity index (χ0) is 22.7. The van der Waals surface area contributed by atoms with Gasteiger partial charge in [0, 0.05) is 5.56 Å². The highest BCUT2D eigenvalue weighted by molar-refractivity contribution is 7.98. The maximum atomic E-state index is 13.3. The summed E-state index contributed by atoms with van der Waals surface area (Å²) in [5.41, 5.74) is 2.37. The van der Waals surface area contributed by atoms with Crippen molar-refractivity contribution in [2.24, 2.45) is 0 Å². The monoisotopic (exact) mass is 449 g/mol. The standard InChI is InChI=1S/C24H23N3O4S/c1-4-31-23(29)18-17(15-12-8-9-13-16(15)30-2)19-21(26-24(32-3)27-22(19)28)25-20(18)14-10-6-5-7-11-14/h5-13,17H,4H2,1-3H3,(H2,25,26,27,28). The van der Waals surface area contributed by atoms with Crippen LogP contribution in [-0.2, 0) is 9.53 Å². The van der Waals surface area contributed by atoms with E-state index in [0.29, 0.717) is 39.1 Å². The van der Waals surface area contributed by atoms with Gasteiger partial charge in [0.15, 0.2) is 5.16 Å². The van der Waals surface area contributed by atoms with Crippen molar-refractivity contribution in [3.63, 3.8) is 0 Å². The Balaban J connectivity index is 2.08. The number of para-hydroxylation sites is 1. The van der Waals surface area contributed by atoms with E-state index in [0.717, 1.165) is 5.56 Å². The lowest BCUT2D eigenvalue weighted by Crippen LogP contribution is -2.31. The molecule has 0 saturated carbocycles. The molecule has 0 radical (unpaired) electrons. The third-order valence-electron chi connectivity index (χ3n) is 5.22. The van der Waals surface area contributed by atoms with Crippen molar-refractivity contribution < 1.29 is 14.3 Å². The van der Waals surface area contributed by atoms with Gasteiger partial charge in [0.1, 0.15) is 11.6 Å². The second-order valence-electron chi connectivity index (χ2n) is 7.01. The van der Waals surface area contributed by atoms with Crippen molar-refractivity contribution in [1.82, 2.24) is 9.97 Å². The predicted molar refractivity (Wildman–Crippen MR) is 125 cm³/mol. The summed E-state index contributed by atoms with van der Waals surface area (Å²) >= 11 is 1.33. The van der Waals surface area contributed by atoms with Crippen LogP contribution in [0.1, 0.15) is 29.5 Å². The Morgan fingerprint density at radius 2 is 1.84 bits per heavy atom. The van der Waals surface area contributed by atoms with Gasteiger partial charge < -0.3 is 19.8 Å². The molecule has 1 atom stereocenters. The van der Waals surface area contributed by atoms with E-state index in [-0.39, 0.29) is 12.2 Å². The largest absolute Gasteiger partial charge is 0.496 e. The van der Waals surface area contributed by atoms with E-state index < -0.39 is 11.9 Å². The normalized spacial score (nSPS) is 15.0. The molecule has 32 heavy (non-hydrogen) atoms. The summed E-state index contributed by atoms with van der Waals surface area (Å²) in [7, 11) is 1.56. The minimum Gasteiger partial charge on any atom is -0.496 e. The third kappa shape index (κ3) is 3.89. The molecule has 8 heteroatoms. The number of fused-ring (bicyclic) bond motifs is 1. The number of aromatic nitrogens is 2. The van der Waals surface area contributed by atoms with Crippen LogP contribution in [0.4, 0.5) is 5.82 Å². The van der Waals surface area contributed by atoms with Gasteiger partial charge in [0.05, 0.1) is 36.5 Å². The van der Waals surface area contributed by atoms with Crippen LogP contribution in [0.5, 0.6) is 5.75 Å². The molecule has 0 saturated heterocycles. The minimum absolute atomic E-state index is 0.204. The summed E-state index contributed by atoms with van der Waals surface area (Å²) in [5, 5.41) is 3.73. The number of aromatic amines is 1. The average Bonchev–Trinajstić information content (AvgIpc) is 2.83. The highest BCUT2D eigenvalue weighted by atomic mass is 32.2. The van der Waals surface area contributed by atoms with Gasteiger partial charge in [-0.3, -0.25) is 4.79 Å². The second kappa shape index (κ2) is 9.32. The first-order chi connectivity index (χ1) is 15.6. The zero-order valence-electron chi connectivity index (χ0n) is 18.0. The van der Waals surface area contributed by atoms with Crippen LogP contribution in [0.15, 0.2) is 70.1 Å². The number of nitrogens with zero attached hydrogens (tertiary/aromatic N) is 1. The molecular formula is C24H23N3O4S. The minimum atomic E-state index is -0.733. The molecule has 2 aromatic carbocycles. The Hall–Kier alpha value is -3.52. The van der Waals surface area contributed by atoms with Crippen LogP contribution < -0.4 is 15.6 Å². The SMILES string of the molecule is CCOC(=O)C1=C(c2ccccc2)Nc2nc(SC)[nH]c(=O)c2C1c1ccccc1OC. The molecule has 4 rings (SSSR count). The smallest absolute Gasteiger partial charge is 0.337 e. The van der Waals surface area contributed by atoms with Gasteiger partial charge in [0.25, 0.3) is 5.56 Å². The lowest BCUT2D eigenvalue weighted by atomic mass is 9.80. The molecule has 0 fully saturated rings. The molecule has 0 aliphatic carbocycles. The Morgan fingerprint density at radius 3 is 2.53 bits per heavy atom. The van der Waals surface area contributed by atoms with Gasteiger partial charge in [-0.2, -0.15) is 0 Å². The third-order valence-corrected chi connectivity index (χ3v) is 5.80. The second-order valence-corrected chi connectivity index (χ2v) is 7.81. The molecule has 1 aliphatic heterocycles. The summed E-state index contributed by atoms with van der Waals surface area (Å²) in [6, 6.07) is 16.8. The van der Waals surface area contributed by atoms with Crippen molar-refractivity contribution in [1.29, 1.82) is 0 Å². The first-order valence-electron chi connectivity index (χ1n) is 10.1. The fourth-order valence-corrected chi connectivity index (χ4v) is 4.25. The molecule has 1 aromatic heterocycles. The number of anilines is 1. The van der Waals surface area contributed by atoms with Gasteiger partial charge in [-0.1, -0.05) is 60.3 Å². The van der Waals surface area contributed by atoms with E-state index in [9.17, 15) is 9.59 Å². The van der Waals surface area contributed by atoms with E-state index in [1.807, 2.05) is 54.8 Å². The molecule has 164 valence electrons. The van der Waals surface area contributed by atoms with Gasteiger partial charge in [-0.25, -0.2) is 9.78 Å². The van der Waals surface area contributed by atoms with Crippen molar-refractivity contribution in [2.75, 3.05) is 25.3 Å². The number of hydrogen-bond donors (Lipinski definition) is 2. The lowest BCUT2D eigenvalue weighted by Gasteiger charge is -2.30. The fraction of sp³-hybridized carbons (Fsp3) is 0.208. The van der Waals surface area contributed by atoms with Crippen molar-refractivity contribution in [3.8, 4) is 5.75 Å². The molecule has 0 bridgehead atoms. The quantitative estimate of drug-likeness (QED) is 0.333. The fourth-order valence-electron chi connectivity index (χ4n) is 3.87. The van der Waals surface area contributed by atoms with Crippen molar-refractivity contribution in [3.05, 3.63) is 87.2 Å². The van der Waals surface area contributed by atoms with E-state index in [2.05, 4.69) is 15.3 Å². The Bertz CT molecular complexity index is 1240. The first kappa shape index (κ1) is 21.7. The number of esters is 1. The van der Waals surface area contributed by atoms with Crippen LogP contribution in [0.2, 0.25) is 0 Å². The highest BCUT2D eigenvalue weighted by Crippen LogP contribution is 2.45. The lowest BCUT2D eigenvalue weighted by molar-refractivity contribution is -0.138. The summed E-state index contributed by atoms with van der Waals surface area (Å²) in [4.78, 5) is 34.0. The van der Waals surface area contributed by atoms with Gasteiger partial charge in [-0.05, 0) is 24.8 Å².